The third kappa shape index (κ3) is 4.57. The summed E-state index contributed by atoms with van der Waals surface area (Å²) in [6, 6.07) is 2.48. The molecule has 0 spiro atoms. The fourth-order valence-corrected chi connectivity index (χ4v) is 2.98. The van der Waals surface area contributed by atoms with Crippen molar-refractivity contribution in [2.24, 2.45) is 0 Å². The van der Waals surface area contributed by atoms with Gasteiger partial charge >= 0.3 is 0 Å². The van der Waals surface area contributed by atoms with Crippen molar-refractivity contribution in [2.45, 2.75) is 63.3 Å². The summed E-state index contributed by atoms with van der Waals surface area (Å²) in [5.74, 6) is 3.06. The number of nitrogens with one attached hydrogen (secondary N) is 1. The molecule has 1 aromatic heterocycles. The lowest BCUT2D eigenvalue weighted by Crippen LogP contribution is -2.20. The molecule has 5 heteroatoms. The Morgan fingerprint density at radius 1 is 1.05 bits per heavy atom. The first-order chi connectivity index (χ1) is 10.8. The summed E-state index contributed by atoms with van der Waals surface area (Å²) in [5.41, 5.74) is 0. The van der Waals surface area contributed by atoms with Crippen molar-refractivity contribution in [1.82, 2.24) is 9.97 Å². The first kappa shape index (κ1) is 15.5. The van der Waals surface area contributed by atoms with Crippen molar-refractivity contribution in [1.29, 1.82) is 0 Å². The molecule has 22 heavy (non-hydrogen) atoms. The maximum absolute atomic E-state index is 5.70. The second-order valence-electron chi connectivity index (χ2n) is 6.40. The molecule has 5 nitrogen and oxygen atoms in total. The van der Waals surface area contributed by atoms with Crippen molar-refractivity contribution in [3.05, 3.63) is 11.9 Å². The van der Waals surface area contributed by atoms with Crippen molar-refractivity contribution in [2.75, 3.05) is 25.6 Å². The minimum absolute atomic E-state index is 0.528. The van der Waals surface area contributed by atoms with Crippen LogP contribution in [0.1, 0.15) is 63.1 Å². The van der Waals surface area contributed by atoms with E-state index in [4.69, 9.17) is 14.5 Å². The van der Waals surface area contributed by atoms with Gasteiger partial charge in [-0.3, -0.25) is 0 Å². The molecule has 122 valence electrons. The van der Waals surface area contributed by atoms with Crippen LogP contribution in [0.15, 0.2) is 6.07 Å². The number of nitrogens with zero attached hydrogens (tertiary/aromatic N) is 2. The third-order valence-electron chi connectivity index (χ3n) is 4.41. The average Bonchev–Trinajstić information content (AvgIpc) is 3.35. The topological polar surface area (TPSA) is 56.3 Å². The molecule has 0 bridgehead atoms. The Bertz CT molecular complexity index is 469. The zero-order valence-corrected chi connectivity index (χ0v) is 13.5. The van der Waals surface area contributed by atoms with E-state index in [0.717, 1.165) is 11.6 Å². The van der Waals surface area contributed by atoms with Gasteiger partial charge in [0.05, 0.1) is 6.61 Å². The number of rotatable bonds is 7. The fourth-order valence-electron chi connectivity index (χ4n) is 2.98. The Morgan fingerprint density at radius 3 is 2.50 bits per heavy atom. The number of anilines is 1. The van der Waals surface area contributed by atoms with E-state index in [-0.39, 0.29) is 0 Å². The maximum atomic E-state index is 5.70. The summed E-state index contributed by atoms with van der Waals surface area (Å²) in [6.45, 7) is 1.11. The molecular formula is C17H27N3O2. The van der Waals surface area contributed by atoms with Crippen LogP contribution in [-0.4, -0.2) is 36.3 Å². The van der Waals surface area contributed by atoms with E-state index in [1.54, 1.807) is 7.11 Å². The first-order valence-corrected chi connectivity index (χ1v) is 8.62. The van der Waals surface area contributed by atoms with E-state index in [2.05, 4.69) is 10.3 Å². The Balaban J connectivity index is 1.67. The quantitative estimate of drug-likeness (QED) is 0.617. The van der Waals surface area contributed by atoms with E-state index in [1.165, 1.54) is 51.4 Å². The highest BCUT2D eigenvalue weighted by Crippen LogP contribution is 2.39. The molecule has 0 unspecified atom stereocenters. The normalized spacial score (nSPS) is 19.7. The fraction of sp³-hybridized carbons (Fsp3) is 0.765. The highest BCUT2D eigenvalue weighted by molar-refractivity contribution is 5.40. The van der Waals surface area contributed by atoms with Gasteiger partial charge in [-0.15, -0.1) is 0 Å². The van der Waals surface area contributed by atoms with E-state index < -0.39 is 0 Å². The van der Waals surface area contributed by atoms with Crippen LogP contribution in [0, 0.1) is 0 Å². The highest BCUT2D eigenvalue weighted by atomic mass is 16.5. The van der Waals surface area contributed by atoms with Crippen LogP contribution in [0.25, 0.3) is 0 Å². The molecule has 0 aliphatic heterocycles. The lowest BCUT2D eigenvalue weighted by Gasteiger charge is -2.18. The van der Waals surface area contributed by atoms with Gasteiger partial charge in [0, 0.05) is 25.1 Å². The van der Waals surface area contributed by atoms with Gasteiger partial charge in [0.15, 0.2) is 0 Å². The summed E-state index contributed by atoms with van der Waals surface area (Å²) in [7, 11) is 1.68. The largest absolute Gasteiger partial charge is 0.475 e. The number of ether oxygens (including phenoxy) is 2. The summed E-state index contributed by atoms with van der Waals surface area (Å²) < 4.78 is 10.7. The van der Waals surface area contributed by atoms with Crippen LogP contribution >= 0.6 is 0 Å². The van der Waals surface area contributed by atoms with Gasteiger partial charge in [0.1, 0.15) is 18.2 Å². The number of hydrogen-bond donors (Lipinski definition) is 1. The standard InChI is InChI=1S/C17H27N3O2/c1-21-10-11-22-16-12-15(19-17(20-16)13-8-9-13)18-14-6-4-2-3-5-7-14/h12-14H,2-11H2,1H3,(H,18,19,20). The second-order valence-corrected chi connectivity index (χ2v) is 6.40. The molecule has 2 fully saturated rings. The molecular weight excluding hydrogens is 278 g/mol. The molecule has 1 heterocycles. The number of methoxy groups -OCH3 is 1. The summed E-state index contributed by atoms with van der Waals surface area (Å²) >= 11 is 0. The predicted molar refractivity (Wildman–Crippen MR) is 86.5 cm³/mol. The number of aromatic nitrogens is 2. The van der Waals surface area contributed by atoms with Gasteiger partial charge in [0.2, 0.25) is 5.88 Å². The van der Waals surface area contributed by atoms with Gasteiger partial charge in [-0.25, -0.2) is 4.98 Å². The summed E-state index contributed by atoms with van der Waals surface area (Å²) in [5, 5.41) is 3.61. The molecule has 2 saturated carbocycles. The third-order valence-corrected chi connectivity index (χ3v) is 4.41. The second kappa shape index (κ2) is 7.77. The molecule has 2 aliphatic carbocycles. The monoisotopic (exact) mass is 305 g/mol. The van der Waals surface area contributed by atoms with Crippen LogP contribution in [0.5, 0.6) is 5.88 Å². The number of hydrogen-bond acceptors (Lipinski definition) is 5. The van der Waals surface area contributed by atoms with Crippen LogP contribution in [0.3, 0.4) is 0 Å². The van der Waals surface area contributed by atoms with E-state index >= 15 is 0 Å². The molecule has 3 rings (SSSR count). The van der Waals surface area contributed by atoms with Crippen molar-refractivity contribution in [3.63, 3.8) is 0 Å². The molecule has 2 aliphatic rings. The molecule has 1 aromatic rings. The molecule has 0 saturated heterocycles. The van der Waals surface area contributed by atoms with Crippen molar-refractivity contribution < 1.29 is 9.47 Å². The van der Waals surface area contributed by atoms with Crippen LogP contribution in [0.2, 0.25) is 0 Å². The van der Waals surface area contributed by atoms with Gasteiger partial charge in [-0.1, -0.05) is 25.7 Å². The van der Waals surface area contributed by atoms with Crippen LogP contribution < -0.4 is 10.1 Å². The minimum Gasteiger partial charge on any atom is -0.475 e. The van der Waals surface area contributed by atoms with Gasteiger partial charge in [-0.2, -0.15) is 4.98 Å². The molecule has 0 aromatic carbocycles. The summed E-state index contributed by atoms with van der Waals surface area (Å²) in [4.78, 5) is 9.26. The van der Waals surface area contributed by atoms with E-state index in [9.17, 15) is 0 Å². The molecule has 0 amide bonds. The lowest BCUT2D eigenvalue weighted by molar-refractivity contribution is 0.143. The minimum atomic E-state index is 0.528. The molecule has 0 radical (unpaired) electrons. The van der Waals surface area contributed by atoms with Gasteiger partial charge in [0.25, 0.3) is 0 Å². The van der Waals surface area contributed by atoms with Crippen LogP contribution in [-0.2, 0) is 4.74 Å². The smallest absolute Gasteiger partial charge is 0.218 e. The average molecular weight is 305 g/mol. The van der Waals surface area contributed by atoms with E-state index in [1.807, 2.05) is 6.07 Å². The Hall–Kier alpha value is -1.36. The first-order valence-electron chi connectivity index (χ1n) is 8.62. The maximum Gasteiger partial charge on any atom is 0.218 e. The molecule has 0 atom stereocenters. The SMILES string of the molecule is COCCOc1cc(NC2CCCCCC2)nc(C2CC2)n1. The lowest BCUT2D eigenvalue weighted by atomic mass is 10.1. The van der Waals surface area contributed by atoms with Gasteiger partial charge in [-0.05, 0) is 25.7 Å². The molecule has 1 N–H and O–H groups in total. The van der Waals surface area contributed by atoms with Crippen molar-refractivity contribution >= 4 is 5.82 Å². The Morgan fingerprint density at radius 2 is 1.82 bits per heavy atom. The van der Waals surface area contributed by atoms with Gasteiger partial charge < -0.3 is 14.8 Å². The van der Waals surface area contributed by atoms with Crippen molar-refractivity contribution in [3.8, 4) is 5.88 Å². The Kier molecular flexibility index (Phi) is 5.48. The zero-order chi connectivity index (χ0) is 15.2. The Labute approximate surface area is 132 Å². The summed E-state index contributed by atoms with van der Waals surface area (Å²) in [6.07, 6.45) is 10.2. The predicted octanol–water partition coefficient (Wildman–Crippen LogP) is 3.51. The zero-order valence-electron chi connectivity index (χ0n) is 13.5. The van der Waals surface area contributed by atoms with E-state index in [0.29, 0.717) is 31.1 Å². The van der Waals surface area contributed by atoms with Crippen LogP contribution in [0.4, 0.5) is 5.82 Å². The highest BCUT2D eigenvalue weighted by Gasteiger charge is 2.28.